The van der Waals surface area contributed by atoms with E-state index in [1.54, 1.807) is 19.2 Å². The van der Waals surface area contributed by atoms with E-state index in [1.165, 1.54) is 6.20 Å². The SMILES string of the molecule is COc1ccc(Nc2nccc(C(=O)Nc3cccc(Br)c3)n2)cc1. The number of nitrogens with one attached hydrogen (secondary N) is 2. The van der Waals surface area contributed by atoms with Gasteiger partial charge in [0.25, 0.3) is 5.91 Å². The molecule has 25 heavy (non-hydrogen) atoms. The Bertz CT molecular complexity index is 884. The number of methoxy groups -OCH3 is 1. The molecular formula is C18H15BrN4O2. The third-order valence-corrected chi connectivity index (χ3v) is 3.81. The summed E-state index contributed by atoms with van der Waals surface area (Å²) in [5.41, 5.74) is 1.75. The van der Waals surface area contributed by atoms with Crippen molar-refractivity contribution in [2.45, 2.75) is 0 Å². The van der Waals surface area contributed by atoms with Gasteiger partial charge in [-0.3, -0.25) is 4.79 Å². The van der Waals surface area contributed by atoms with E-state index >= 15 is 0 Å². The number of carbonyl (C=O) groups is 1. The van der Waals surface area contributed by atoms with Crippen LogP contribution in [0.1, 0.15) is 10.5 Å². The minimum Gasteiger partial charge on any atom is -0.497 e. The Morgan fingerprint density at radius 2 is 1.88 bits per heavy atom. The molecule has 7 heteroatoms. The van der Waals surface area contributed by atoms with E-state index in [1.807, 2.05) is 42.5 Å². The highest BCUT2D eigenvalue weighted by molar-refractivity contribution is 9.10. The van der Waals surface area contributed by atoms with Crippen LogP contribution in [0.2, 0.25) is 0 Å². The van der Waals surface area contributed by atoms with E-state index in [4.69, 9.17) is 4.74 Å². The molecule has 0 saturated heterocycles. The monoisotopic (exact) mass is 398 g/mol. The number of hydrogen-bond acceptors (Lipinski definition) is 5. The van der Waals surface area contributed by atoms with Crippen molar-refractivity contribution in [1.29, 1.82) is 0 Å². The summed E-state index contributed by atoms with van der Waals surface area (Å²) in [5, 5.41) is 5.86. The fourth-order valence-electron chi connectivity index (χ4n) is 2.11. The summed E-state index contributed by atoms with van der Waals surface area (Å²) >= 11 is 3.37. The molecule has 1 amide bonds. The molecule has 1 heterocycles. The summed E-state index contributed by atoms with van der Waals surface area (Å²) in [7, 11) is 1.61. The largest absolute Gasteiger partial charge is 0.497 e. The van der Waals surface area contributed by atoms with Crippen LogP contribution in [0, 0.1) is 0 Å². The van der Waals surface area contributed by atoms with Gasteiger partial charge in [-0.05, 0) is 48.5 Å². The molecule has 6 nitrogen and oxygen atoms in total. The lowest BCUT2D eigenvalue weighted by atomic mass is 10.3. The minimum atomic E-state index is -0.307. The van der Waals surface area contributed by atoms with E-state index < -0.39 is 0 Å². The highest BCUT2D eigenvalue weighted by Crippen LogP contribution is 2.19. The average molecular weight is 399 g/mol. The first kappa shape index (κ1) is 16.9. The van der Waals surface area contributed by atoms with Crippen molar-refractivity contribution in [3.05, 3.63) is 71.0 Å². The van der Waals surface area contributed by atoms with E-state index in [9.17, 15) is 4.79 Å². The summed E-state index contributed by atoms with van der Waals surface area (Å²) in [6.45, 7) is 0. The summed E-state index contributed by atoms with van der Waals surface area (Å²) in [6, 6.07) is 16.3. The van der Waals surface area contributed by atoms with Crippen LogP contribution >= 0.6 is 15.9 Å². The van der Waals surface area contributed by atoms with E-state index in [2.05, 4.69) is 36.5 Å². The molecule has 0 aliphatic carbocycles. The molecule has 0 aliphatic heterocycles. The first-order valence-corrected chi connectivity index (χ1v) is 8.24. The maximum absolute atomic E-state index is 12.4. The van der Waals surface area contributed by atoms with Gasteiger partial charge in [0.2, 0.25) is 5.95 Å². The third-order valence-electron chi connectivity index (χ3n) is 3.32. The molecule has 0 saturated carbocycles. The highest BCUT2D eigenvalue weighted by atomic mass is 79.9. The van der Waals surface area contributed by atoms with Crippen LogP contribution < -0.4 is 15.4 Å². The first-order valence-electron chi connectivity index (χ1n) is 7.45. The zero-order valence-corrected chi connectivity index (χ0v) is 14.9. The van der Waals surface area contributed by atoms with Gasteiger partial charge >= 0.3 is 0 Å². The zero-order chi connectivity index (χ0) is 17.6. The number of aromatic nitrogens is 2. The lowest BCUT2D eigenvalue weighted by Gasteiger charge is -2.08. The smallest absolute Gasteiger partial charge is 0.274 e. The second kappa shape index (κ2) is 7.76. The molecule has 126 valence electrons. The van der Waals surface area contributed by atoms with Crippen LogP contribution in [0.25, 0.3) is 0 Å². The van der Waals surface area contributed by atoms with Gasteiger partial charge in [0.05, 0.1) is 7.11 Å². The molecule has 0 atom stereocenters. The van der Waals surface area contributed by atoms with Crippen LogP contribution in [0.3, 0.4) is 0 Å². The van der Waals surface area contributed by atoms with Crippen molar-refractivity contribution in [3.63, 3.8) is 0 Å². The Hall–Kier alpha value is -2.93. The molecule has 0 fully saturated rings. The van der Waals surface area contributed by atoms with Gasteiger partial charge in [-0.15, -0.1) is 0 Å². The second-order valence-electron chi connectivity index (χ2n) is 5.08. The van der Waals surface area contributed by atoms with Crippen LogP contribution in [0.5, 0.6) is 5.75 Å². The summed E-state index contributed by atoms with van der Waals surface area (Å²) < 4.78 is 6.00. The van der Waals surface area contributed by atoms with Gasteiger partial charge in [0, 0.05) is 22.0 Å². The van der Waals surface area contributed by atoms with Gasteiger partial charge in [-0.2, -0.15) is 0 Å². The number of nitrogens with zero attached hydrogens (tertiary/aromatic N) is 2. The molecule has 3 aromatic rings. The standard InChI is InChI=1S/C18H15BrN4O2/c1-25-15-7-5-13(6-8-15)22-18-20-10-9-16(23-18)17(24)21-14-4-2-3-12(19)11-14/h2-11H,1H3,(H,21,24)(H,20,22,23). The Kier molecular flexibility index (Phi) is 5.25. The molecule has 1 aromatic heterocycles. The number of amides is 1. The van der Waals surface area contributed by atoms with Crippen molar-refractivity contribution in [3.8, 4) is 5.75 Å². The summed E-state index contributed by atoms with van der Waals surface area (Å²) in [6.07, 6.45) is 1.54. The van der Waals surface area contributed by atoms with Gasteiger partial charge < -0.3 is 15.4 Å². The first-order chi connectivity index (χ1) is 12.1. The maximum Gasteiger partial charge on any atom is 0.274 e. The van der Waals surface area contributed by atoms with Crippen LogP contribution in [0.15, 0.2) is 65.3 Å². The topological polar surface area (TPSA) is 76.1 Å². The zero-order valence-electron chi connectivity index (χ0n) is 13.4. The summed E-state index contributed by atoms with van der Waals surface area (Å²) in [5.74, 6) is 0.791. The predicted molar refractivity (Wildman–Crippen MR) is 100 cm³/mol. The van der Waals surface area contributed by atoms with Gasteiger partial charge in [-0.1, -0.05) is 22.0 Å². The lowest BCUT2D eigenvalue weighted by molar-refractivity contribution is 0.102. The number of rotatable bonds is 5. The molecule has 2 N–H and O–H groups in total. The quantitative estimate of drug-likeness (QED) is 0.671. The van der Waals surface area contributed by atoms with E-state index in [0.717, 1.165) is 15.9 Å². The van der Waals surface area contributed by atoms with E-state index in [0.29, 0.717) is 11.6 Å². The fraction of sp³-hybridized carbons (Fsp3) is 0.0556. The van der Waals surface area contributed by atoms with E-state index in [-0.39, 0.29) is 11.6 Å². The summed E-state index contributed by atoms with van der Waals surface area (Å²) in [4.78, 5) is 20.7. The van der Waals surface area contributed by atoms with Crippen LogP contribution in [-0.2, 0) is 0 Å². The van der Waals surface area contributed by atoms with Crippen molar-refractivity contribution in [2.24, 2.45) is 0 Å². The molecule has 0 spiro atoms. The molecule has 2 aromatic carbocycles. The Labute approximate surface area is 153 Å². The molecule has 0 unspecified atom stereocenters. The second-order valence-corrected chi connectivity index (χ2v) is 6.00. The Morgan fingerprint density at radius 1 is 1.08 bits per heavy atom. The molecular weight excluding hydrogens is 384 g/mol. The van der Waals surface area contributed by atoms with Gasteiger partial charge in [0.1, 0.15) is 11.4 Å². The Morgan fingerprint density at radius 3 is 2.60 bits per heavy atom. The third kappa shape index (κ3) is 4.54. The van der Waals surface area contributed by atoms with Crippen LogP contribution in [-0.4, -0.2) is 23.0 Å². The van der Waals surface area contributed by atoms with Crippen molar-refractivity contribution in [1.82, 2.24) is 9.97 Å². The normalized spacial score (nSPS) is 10.2. The fourth-order valence-corrected chi connectivity index (χ4v) is 2.51. The molecule has 0 bridgehead atoms. The number of carbonyl (C=O) groups excluding carboxylic acids is 1. The van der Waals surface area contributed by atoms with Crippen molar-refractivity contribution < 1.29 is 9.53 Å². The van der Waals surface area contributed by atoms with Gasteiger partial charge in [0.15, 0.2) is 0 Å². The molecule has 0 radical (unpaired) electrons. The maximum atomic E-state index is 12.4. The number of hydrogen-bond donors (Lipinski definition) is 2. The number of anilines is 3. The lowest BCUT2D eigenvalue weighted by Crippen LogP contribution is -2.14. The number of ether oxygens (including phenoxy) is 1. The predicted octanol–water partition coefficient (Wildman–Crippen LogP) is 4.24. The van der Waals surface area contributed by atoms with Crippen molar-refractivity contribution >= 4 is 39.2 Å². The molecule has 3 rings (SSSR count). The average Bonchev–Trinajstić information content (AvgIpc) is 2.62. The minimum absolute atomic E-state index is 0.269. The van der Waals surface area contributed by atoms with Crippen molar-refractivity contribution in [2.75, 3.05) is 17.7 Å². The number of benzene rings is 2. The van der Waals surface area contributed by atoms with Crippen LogP contribution in [0.4, 0.5) is 17.3 Å². The number of halogens is 1. The molecule has 0 aliphatic rings. The van der Waals surface area contributed by atoms with Gasteiger partial charge in [-0.25, -0.2) is 9.97 Å². The Balaban J connectivity index is 1.72. The highest BCUT2D eigenvalue weighted by Gasteiger charge is 2.10.